The van der Waals surface area contributed by atoms with Crippen LogP contribution in [0.15, 0.2) is 83.8 Å². The zero-order valence-corrected chi connectivity index (χ0v) is 18.5. The first kappa shape index (κ1) is 23.5. The van der Waals surface area contributed by atoms with Crippen LogP contribution in [0.1, 0.15) is 27.5 Å². The van der Waals surface area contributed by atoms with Gasteiger partial charge in [-0.15, -0.1) is 0 Å². The summed E-state index contributed by atoms with van der Waals surface area (Å²) in [6.45, 7) is -0.563. The van der Waals surface area contributed by atoms with Crippen molar-refractivity contribution in [3.05, 3.63) is 101 Å². The number of esters is 1. The number of sulfonamides is 1. The fraction of sp³-hybridized carbons (Fsp3) is 0.130. The summed E-state index contributed by atoms with van der Waals surface area (Å²) in [6.07, 6.45) is 0.548. The number of halogens is 1. The quantitative estimate of drug-likeness (QED) is 0.488. The molecule has 0 saturated carbocycles. The van der Waals surface area contributed by atoms with Gasteiger partial charge in [0.05, 0.1) is 21.5 Å². The van der Waals surface area contributed by atoms with E-state index in [0.29, 0.717) is 6.42 Å². The smallest absolute Gasteiger partial charge is 0.340 e. The Bertz CT molecular complexity index is 1200. The van der Waals surface area contributed by atoms with Gasteiger partial charge < -0.3 is 10.1 Å². The van der Waals surface area contributed by atoms with Crippen molar-refractivity contribution in [1.82, 2.24) is 5.32 Å². The number of nitrogens with one attached hydrogen (secondary N) is 1. The van der Waals surface area contributed by atoms with Crippen molar-refractivity contribution in [3.63, 3.8) is 0 Å². The van der Waals surface area contributed by atoms with Crippen molar-refractivity contribution in [3.8, 4) is 0 Å². The molecule has 1 atom stereocenters. The molecule has 32 heavy (non-hydrogen) atoms. The average Bonchev–Trinajstić information content (AvgIpc) is 2.78. The second-order valence-corrected chi connectivity index (χ2v) is 8.95. The fourth-order valence-corrected chi connectivity index (χ4v) is 3.80. The predicted molar refractivity (Wildman–Crippen MR) is 121 cm³/mol. The van der Waals surface area contributed by atoms with Crippen LogP contribution in [-0.4, -0.2) is 26.9 Å². The van der Waals surface area contributed by atoms with Gasteiger partial charge in [-0.25, -0.2) is 18.4 Å². The number of amides is 1. The minimum Gasteiger partial charge on any atom is -0.452 e. The zero-order chi connectivity index (χ0) is 23.1. The average molecular weight is 473 g/mol. The van der Waals surface area contributed by atoms with Gasteiger partial charge in [0.25, 0.3) is 5.91 Å². The monoisotopic (exact) mass is 472 g/mol. The number of ether oxygens (including phenoxy) is 1. The van der Waals surface area contributed by atoms with E-state index >= 15 is 0 Å². The number of benzene rings is 3. The van der Waals surface area contributed by atoms with Gasteiger partial charge in [-0.1, -0.05) is 72.3 Å². The van der Waals surface area contributed by atoms with Gasteiger partial charge in [-0.05, 0) is 35.7 Å². The lowest BCUT2D eigenvalue weighted by Gasteiger charge is -2.19. The summed E-state index contributed by atoms with van der Waals surface area (Å²) in [5.74, 6) is -1.45. The first-order valence-electron chi connectivity index (χ1n) is 9.62. The van der Waals surface area contributed by atoms with Crippen molar-refractivity contribution in [2.75, 3.05) is 6.61 Å². The van der Waals surface area contributed by atoms with Gasteiger partial charge in [0.15, 0.2) is 6.61 Å². The van der Waals surface area contributed by atoms with E-state index in [4.69, 9.17) is 21.5 Å². The van der Waals surface area contributed by atoms with Gasteiger partial charge in [0.2, 0.25) is 10.0 Å². The maximum atomic E-state index is 12.5. The van der Waals surface area contributed by atoms with Crippen LogP contribution < -0.4 is 10.5 Å². The summed E-state index contributed by atoms with van der Waals surface area (Å²) >= 11 is 5.97. The second-order valence-electron chi connectivity index (χ2n) is 6.98. The van der Waals surface area contributed by atoms with E-state index < -0.39 is 28.5 Å². The maximum absolute atomic E-state index is 12.5. The lowest BCUT2D eigenvalue weighted by atomic mass is 9.99. The zero-order valence-electron chi connectivity index (χ0n) is 16.9. The minimum absolute atomic E-state index is 0.0194. The lowest BCUT2D eigenvalue weighted by molar-refractivity contribution is -0.125. The molecule has 3 rings (SSSR count). The van der Waals surface area contributed by atoms with Crippen LogP contribution in [0.2, 0.25) is 5.02 Å². The summed E-state index contributed by atoms with van der Waals surface area (Å²) in [7, 11) is -4.03. The summed E-state index contributed by atoms with van der Waals surface area (Å²) in [5.41, 5.74) is 1.74. The van der Waals surface area contributed by atoms with E-state index in [1.807, 2.05) is 60.7 Å². The first-order chi connectivity index (χ1) is 15.2. The highest BCUT2D eigenvalue weighted by molar-refractivity contribution is 7.89. The molecule has 0 fully saturated rings. The molecular formula is C23H21ClN2O5S. The number of carbonyl (C=O) groups is 2. The molecule has 0 radical (unpaired) electrons. The largest absolute Gasteiger partial charge is 0.452 e. The SMILES string of the molecule is NS(=O)(=O)c1ccc(Cl)c(C(=O)OCC(=O)NC(Cc2ccccc2)c2ccccc2)c1. The maximum Gasteiger partial charge on any atom is 0.340 e. The topological polar surface area (TPSA) is 116 Å². The van der Waals surface area contributed by atoms with E-state index in [9.17, 15) is 18.0 Å². The Hall–Kier alpha value is -3.20. The van der Waals surface area contributed by atoms with E-state index in [0.717, 1.165) is 17.2 Å². The Balaban J connectivity index is 1.68. The normalized spacial score (nSPS) is 12.1. The number of carbonyl (C=O) groups excluding carboxylic acids is 2. The Labute approximate surface area is 191 Å². The van der Waals surface area contributed by atoms with Crippen molar-refractivity contribution >= 4 is 33.5 Å². The molecule has 0 aromatic heterocycles. The van der Waals surface area contributed by atoms with Gasteiger partial charge in [-0.3, -0.25) is 4.79 Å². The number of nitrogens with two attached hydrogens (primary N) is 1. The van der Waals surface area contributed by atoms with E-state index in [-0.39, 0.29) is 21.5 Å². The molecule has 0 heterocycles. The molecule has 0 bridgehead atoms. The molecule has 0 aliphatic carbocycles. The molecule has 1 unspecified atom stereocenters. The van der Waals surface area contributed by atoms with Gasteiger partial charge in [0, 0.05) is 0 Å². The van der Waals surface area contributed by atoms with Crippen molar-refractivity contribution in [2.45, 2.75) is 17.4 Å². The summed E-state index contributed by atoms with van der Waals surface area (Å²) in [4.78, 5) is 24.6. The summed E-state index contributed by atoms with van der Waals surface area (Å²) in [6, 6.07) is 22.2. The van der Waals surface area contributed by atoms with Crippen LogP contribution >= 0.6 is 11.6 Å². The van der Waals surface area contributed by atoms with Crippen LogP contribution in [-0.2, 0) is 26.0 Å². The molecule has 3 N–H and O–H groups in total. The third-order valence-electron chi connectivity index (χ3n) is 4.64. The highest BCUT2D eigenvalue weighted by Gasteiger charge is 2.20. The molecule has 166 valence electrons. The lowest BCUT2D eigenvalue weighted by Crippen LogP contribution is -2.33. The van der Waals surface area contributed by atoms with Crippen molar-refractivity contribution < 1.29 is 22.7 Å². The molecular weight excluding hydrogens is 452 g/mol. The Morgan fingerprint density at radius 3 is 2.22 bits per heavy atom. The van der Waals surface area contributed by atoms with E-state index in [1.165, 1.54) is 12.1 Å². The highest BCUT2D eigenvalue weighted by Crippen LogP contribution is 2.21. The van der Waals surface area contributed by atoms with Crippen LogP contribution in [0.25, 0.3) is 0 Å². The third-order valence-corrected chi connectivity index (χ3v) is 5.88. The highest BCUT2D eigenvalue weighted by atomic mass is 35.5. The fourth-order valence-electron chi connectivity index (χ4n) is 3.07. The number of rotatable bonds is 8. The minimum atomic E-state index is -4.03. The van der Waals surface area contributed by atoms with Crippen LogP contribution in [0.3, 0.4) is 0 Å². The van der Waals surface area contributed by atoms with E-state index in [1.54, 1.807) is 0 Å². The molecule has 7 nitrogen and oxygen atoms in total. The molecule has 3 aromatic rings. The molecule has 0 saturated heterocycles. The summed E-state index contributed by atoms with van der Waals surface area (Å²) in [5, 5.41) is 7.94. The Morgan fingerprint density at radius 2 is 1.59 bits per heavy atom. The molecule has 0 spiro atoms. The molecule has 0 aliphatic heterocycles. The Kier molecular flexibility index (Phi) is 7.63. The van der Waals surface area contributed by atoms with Gasteiger partial charge in [-0.2, -0.15) is 0 Å². The van der Waals surface area contributed by atoms with Crippen molar-refractivity contribution in [2.24, 2.45) is 5.14 Å². The molecule has 9 heteroatoms. The van der Waals surface area contributed by atoms with Crippen LogP contribution in [0.5, 0.6) is 0 Å². The van der Waals surface area contributed by atoms with Crippen molar-refractivity contribution in [1.29, 1.82) is 0 Å². The number of primary sulfonamides is 1. The predicted octanol–water partition coefficient (Wildman–Crippen LogP) is 3.24. The van der Waals surface area contributed by atoms with E-state index in [2.05, 4.69) is 5.32 Å². The molecule has 3 aromatic carbocycles. The number of hydrogen-bond acceptors (Lipinski definition) is 5. The summed E-state index contributed by atoms with van der Waals surface area (Å²) < 4.78 is 28.1. The molecule has 1 amide bonds. The van der Waals surface area contributed by atoms with Gasteiger partial charge >= 0.3 is 5.97 Å². The third kappa shape index (κ3) is 6.40. The van der Waals surface area contributed by atoms with Gasteiger partial charge in [0.1, 0.15) is 0 Å². The first-order valence-corrected chi connectivity index (χ1v) is 11.5. The standard InChI is InChI=1S/C23H21ClN2O5S/c24-20-12-11-18(32(25,29)30)14-19(20)23(28)31-15-22(27)26-21(17-9-5-2-6-10-17)13-16-7-3-1-4-8-16/h1-12,14,21H,13,15H2,(H,26,27)(H2,25,29,30). The molecule has 0 aliphatic rings. The van der Waals surface area contributed by atoms with Crippen LogP contribution in [0.4, 0.5) is 0 Å². The Morgan fingerprint density at radius 1 is 0.969 bits per heavy atom. The second kappa shape index (κ2) is 10.4. The number of hydrogen-bond donors (Lipinski definition) is 2. The van der Waals surface area contributed by atoms with Crippen LogP contribution in [0, 0.1) is 0 Å².